The van der Waals surface area contributed by atoms with Gasteiger partial charge in [-0.25, -0.2) is 4.98 Å². The Morgan fingerprint density at radius 2 is 2.53 bits per heavy atom. The predicted octanol–water partition coefficient (Wildman–Crippen LogP) is 0.515. The van der Waals surface area contributed by atoms with E-state index in [9.17, 15) is 4.79 Å². The largest absolute Gasteiger partial charge is 0.392 e. The Balaban J connectivity index is 2.21. The molecule has 1 aliphatic rings. The molecule has 0 aromatic carbocycles. The van der Waals surface area contributed by atoms with Gasteiger partial charge in [-0.3, -0.25) is 9.36 Å². The second kappa shape index (κ2) is 4.20. The monoisotopic (exact) mass is 229 g/mol. The molecule has 0 amide bonds. The molecule has 1 unspecified atom stereocenters. The molecule has 5 nitrogen and oxygen atoms in total. The van der Waals surface area contributed by atoms with Gasteiger partial charge in [0.05, 0.1) is 12.9 Å². The number of nitrogens with zero attached hydrogens (tertiary/aromatic N) is 2. The topological polar surface area (TPSA) is 70.1 Å². The van der Waals surface area contributed by atoms with Crippen LogP contribution in [0.1, 0.15) is 6.42 Å². The fraction of sp³-hybridized carbons (Fsp3) is 0.556. The Morgan fingerprint density at radius 3 is 3.20 bits per heavy atom. The van der Waals surface area contributed by atoms with Gasteiger partial charge in [0.2, 0.25) is 0 Å². The summed E-state index contributed by atoms with van der Waals surface area (Å²) in [6.07, 6.45) is 2.40. The van der Waals surface area contributed by atoms with E-state index in [-0.39, 0.29) is 16.4 Å². The van der Waals surface area contributed by atoms with Crippen molar-refractivity contribution in [1.82, 2.24) is 9.55 Å². The van der Waals surface area contributed by atoms with E-state index in [0.717, 1.165) is 13.0 Å². The minimum Gasteiger partial charge on any atom is -0.392 e. The molecule has 1 aliphatic heterocycles. The lowest BCUT2D eigenvalue weighted by atomic mass is 10.1. The maximum Gasteiger partial charge on any atom is 0.278 e. The fourth-order valence-electron chi connectivity index (χ4n) is 1.62. The Labute approximate surface area is 91.8 Å². The van der Waals surface area contributed by atoms with E-state index in [1.807, 2.05) is 0 Å². The van der Waals surface area contributed by atoms with E-state index < -0.39 is 0 Å². The minimum absolute atomic E-state index is 0.0121. The van der Waals surface area contributed by atoms with Crippen LogP contribution in [0.2, 0.25) is 5.15 Å². The van der Waals surface area contributed by atoms with Crippen molar-refractivity contribution in [1.29, 1.82) is 0 Å². The maximum atomic E-state index is 11.7. The second-order valence-electron chi connectivity index (χ2n) is 3.64. The lowest BCUT2D eigenvalue weighted by Gasteiger charge is -2.10. The van der Waals surface area contributed by atoms with Crippen LogP contribution in [-0.2, 0) is 11.3 Å². The van der Waals surface area contributed by atoms with Crippen molar-refractivity contribution < 1.29 is 4.74 Å². The molecule has 1 aromatic rings. The number of nitrogens with two attached hydrogens (primary N) is 1. The molecule has 0 bridgehead atoms. The first-order chi connectivity index (χ1) is 7.18. The molecular formula is C9H12ClN3O2. The van der Waals surface area contributed by atoms with E-state index in [2.05, 4.69) is 4.98 Å². The SMILES string of the molecule is Nc1c(Cl)ncn(CC2CCOC2)c1=O. The normalized spacial score (nSPS) is 20.7. The lowest BCUT2D eigenvalue weighted by Crippen LogP contribution is -2.26. The van der Waals surface area contributed by atoms with E-state index >= 15 is 0 Å². The van der Waals surface area contributed by atoms with Gasteiger partial charge in [0.25, 0.3) is 5.56 Å². The zero-order valence-electron chi connectivity index (χ0n) is 8.15. The van der Waals surface area contributed by atoms with Crippen molar-refractivity contribution in [2.45, 2.75) is 13.0 Å². The van der Waals surface area contributed by atoms with Gasteiger partial charge in [0.1, 0.15) is 5.69 Å². The molecule has 15 heavy (non-hydrogen) atoms. The molecule has 2 N–H and O–H groups in total. The molecular weight excluding hydrogens is 218 g/mol. The second-order valence-corrected chi connectivity index (χ2v) is 3.99. The van der Waals surface area contributed by atoms with Crippen molar-refractivity contribution in [3.8, 4) is 0 Å². The Bertz CT molecular complexity index is 412. The smallest absolute Gasteiger partial charge is 0.278 e. The first-order valence-corrected chi connectivity index (χ1v) is 5.14. The number of anilines is 1. The highest BCUT2D eigenvalue weighted by molar-refractivity contribution is 6.31. The van der Waals surface area contributed by atoms with Gasteiger partial charge in [-0.05, 0) is 6.42 Å². The van der Waals surface area contributed by atoms with Crippen molar-refractivity contribution >= 4 is 17.3 Å². The first kappa shape index (κ1) is 10.4. The number of ether oxygens (including phenoxy) is 1. The average molecular weight is 230 g/mol. The summed E-state index contributed by atoms with van der Waals surface area (Å²) in [5, 5.41) is 0.0684. The van der Waals surface area contributed by atoms with Crippen LogP contribution in [-0.4, -0.2) is 22.8 Å². The highest BCUT2D eigenvalue weighted by atomic mass is 35.5. The Kier molecular flexibility index (Phi) is 2.93. The molecule has 0 radical (unpaired) electrons. The summed E-state index contributed by atoms with van der Waals surface area (Å²) in [6, 6.07) is 0. The summed E-state index contributed by atoms with van der Waals surface area (Å²) < 4.78 is 6.72. The van der Waals surface area contributed by atoms with E-state index in [4.69, 9.17) is 22.1 Å². The molecule has 2 heterocycles. The number of rotatable bonds is 2. The summed E-state index contributed by atoms with van der Waals surface area (Å²) in [6.45, 7) is 2.04. The Morgan fingerprint density at radius 1 is 1.73 bits per heavy atom. The van der Waals surface area contributed by atoms with Gasteiger partial charge in [-0.15, -0.1) is 0 Å². The number of hydrogen-bond donors (Lipinski definition) is 1. The van der Waals surface area contributed by atoms with Crippen molar-refractivity contribution in [3.05, 3.63) is 21.8 Å². The quantitative estimate of drug-likeness (QED) is 0.751. The zero-order chi connectivity index (χ0) is 10.8. The summed E-state index contributed by atoms with van der Waals surface area (Å²) in [5.41, 5.74) is 5.23. The molecule has 0 saturated carbocycles. The van der Waals surface area contributed by atoms with Crippen LogP contribution >= 0.6 is 11.6 Å². The van der Waals surface area contributed by atoms with E-state index in [1.165, 1.54) is 10.9 Å². The van der Waals surface area contributed by atoms with Crippen LogP contribution in [0.25, 0.3) is 0 Å². The minimum atomic E-state index is -0.276. The summed E-state index contributed by atoms with van der Waals surface area (Å²) in [5.74, 6) is 0.366. The molecule has 82 valence electrons. The van der Waals surface area contributed by atoms with Crippen LogP contribution in [0, 0.1) is 5.92 Å². The van der Waals surface area contributed by atoms with E-state index in [0.29, 0.717) is 19.1 Å². The van der Waals surface area contributed by atoms with Gasteiger partial charge in [0, 0.05) is 19.1 Å². The van der Waals surface area contributed by atoms with E-state index in [1.54, 1.807) is 0 Å². The molecule has 1 aromatic heterocycles. The number of hydrogen-bond acceptors (Lipinski definition) is 4. The van der Waals surface area contributed by atoms with Crippen molar-refractivity contribution in [3.63, 3.8) is 0 Å². The number of aromatic nitrogens is 2. The summed E-state index contributed by atoms with van der Waals surface area (Å²) >= 11 is 5.63. The predicted molar refractivity (Wildman–Crippen MR) is 56.8 cm³/mol. The molecule has 0 aliphatic carbocycles. The Hall–Kier alpha value is -1.07. The van der Waals surface area contributed by atoms with Gasteiger partial charge in [-0.1, -0.05) is 11.6 Å². The van der Waals surface area contributed by atoms with Crippen LogP contribution in [0.5, 0.6) is 0 Å². The average Bonchev–Trinajstić information content (AvgIpc) is 2.72. The lowest BCUT2D eigenvalue weighted by molar-refractivity contribution is 0.182. The highest BCUT2D eigenvalue weighted by Gasteiger charge is 2.17. The van der Waals surface area contributed by atoms with Gasteiger partial charge < -0.3 is 10.5 Å². The van der Waals surface area contributed by atoms with Crippen LogP contribution in [0.15, 0.2) is 11.1 Å². The van der Waals surface area contributed by atoms with Crippen LogP contribution in [0.3, 0.4) is 0 Å². The van der Waals surface area contributed by atoms with Gasteiger partial charge in [0.15, 0.2) is 5.15 Å². The third-order valence-corrected chi connectivity index (χ3v) is 2.80. The fourth-order valence-corrected chi connectivity index (χ4v) is 1.75. The molecule has 0 spiro atoms. The maximum absolute atomic E-state index is 11.7. The molecule has 1 saturated heterocycles. The molecule has 6 heteroatoms. The summed E-state index contributed by atoms with van der Waals surface area (Å²) in [4.78, 5) is 15.5. The molecule has 2 rings (SSSR count). The third kappa shape index (κ3) is 2.13. The third-order valence-electron chi connectivity index (χ3n) is 2.50. The summed E-state index contributed by atoms with van der Waals surface area (Å²) in [7, 11) is 0. The van der Waals surface area contributed by atoms with Crippen LogP contribution < -0.4 is 11.3 Å². The molecule has 1 atom stereocenters. The van der Waals surface area contributed by atoms with Crippen molar-refractivity contribution in [2.75, 3.05) is 18.9 Å². The van der Waals surface area contributed by atoms with Gasteiger partial charge in [-0.2, -0.15) is 0 Å². The highest BCUT2D eigenvalue weighted by Crippen LogP contribution is 2.15. The van der Waals surface area contributed by atoms with Crippen LogP contribution in [0.4, 0.5) is 5.69 Å². The first-order valence-electron chi connectivity index (χ1n) is 4.76. The molecule has 1 fully saturated rings. The zero-order valence-corrected chi connectivity index (χ0v) is 8.91. The van der Waals surface area contributed by atoms with Crippen molar-refractivity contribution in [2.24, 2.45) is 5.92 Å². The van der Waals surface area contributed by atoms with Gasteiger partial charge >= 0.3 is 0 Å². The standard InChI is InChI=1S/C9H12ClN3O2/c10-8-7(11)9(14)13(5-12-8)3-6-1-2-15-4-6/h5-6H,1-4,11H2. The number of nitrogen functional groups attached to an aromatic ring is 1. The number of halogens is 1.